The monoisotopic (exact) mass is 416 g/mol. The molecule has 0 aliphatic carbocycles. The van der Waals surface area contributed by atoms with Crippen LogP contribution >= 0.6 is 0 Å². The van der Waals surface area contributed by atoms with Gasteiger partial charge in [-0.1, -0.05) is 47.6 Å². The maximum Gasteiger partial charge on any atom is 0.330 e. The molecule has 4 nitrogen and oxygen atoms in total. The van der Waals surface area contributed by atoms with Crippen molar-refractivity contribution < 1.29 is 18.4 Å². The van der Waals surface area contributed by atoms with Crippen LogP contribution in [0.25, 0.3) is 0 Å². The van der Waals surface area contributed by atoms with Crippen LogP contribution in [-0.4, -0.2) is 41.9 Å². The van der Waals surface area contributed by atoms with Gasteiger partial charge in [-0.25, -0.2) is 4.79 Å². The van der Waals surface area contributed by atoms with Crippen molar-refractivity contribution in [3.63, 3.8) is 0 Å². The van der Waals surface area contributed by atoms with Crippen LogP contribution < -0.4 is 0 Å². The number of esters is 1. The molecule has 0 aliphatic heterocycles. The Morgan fingerprint density at radius 3 is 1.52 bits per heavy atom. The minimum atomic E-state index is -1.86. The van der Waals surface area contributed by atoms with Crippen LogP contribution in [0.15, 0.2) is 12.2 Å². The highest BCUT2D eigenvalue weighted by molar-refractivity contribution is 6.74. The lowest BCUT2D eigenvalue weighted by atomic mass is 10.1. The fraction of sp³-hybridized carbons (Fsp3) is 0.857. The Hall–Kier alpha value is -0.436. The van der Waals surface area contributed by atoms with Gasteiger partial charge in [0.15, 0.2) is 16.6 Å². The second-order valence-electron chi connectivity index (χ2n) is 10.7. The van der Waals surface area contributed by atoms with E-state index in [1.165, 1.54) is 6.08 Å². The summed E-state index contributed by atoms with van der Waals surface area (Å²) in [6, 6.07) is 0. The topological polar surface area (TPSA) is 44.8 Å². The third kappa shape index (κ3) is 9.54. The number of hydrogen-bond acceptors (Lipinski definition) is 4. The zero-order chi connectivity index (χ0) is 21.7. The van der Waals surface area contributed by atoms with E-state index < -0.39 is 16.6 Å². The molecule has 0 N–H and O–H groups in total. The van der Waals surface area contributed by atoms with Crippen LogP contribution in [0.1, 0.15) is 55.4 Å². The van der Waals surface area contributed by atoms with Gasteiger partial charge in [-0.2, -0.15) is 0 Å². The van der Waals surface area contributed by atoms with E-state index >= 15 is 0 Å². The largest absolute Gasteiger partial charge is 0.460 e. The van der Waals surface area contributed by atoms with Crippen LogP contribution in [-0.2, 0) is 18.4 Å². The van der Waals surface area contributed by atoms with Gasteiger partial charge in [0.25, 0.3) is 0 Å². The lowest BCUT2D eigenvalue weighted by Gasteiger charge is -2.39. The first-order valence-corrected chi connectivity index (χ1v) is 15.9. The molecule has 0 bridgehead atoms. The zero-order valence-corrected chi connectivity index (χ0v) is 21.9. The van der Waals surface area contributed by atoms with Gasteiger partial charge in [0.1, 0.15) is 0 Å². The molecule has 0 amide bonds. The third-order valence-electron chi connectivity index (χ3n) is 5.79. The summed E-state index contributed by atoms with van der Waals surface area (Å²) in [5, 5.41) is 0.302. The first-order chi connectivity index (χ1) is 11.9. The molecule has 0 aromatic rings. The molecule has 160 valence electrons. The molecule has 0 heterocycles. The zero-order valence-electron chi connectivity index (χ0n) is 19.9. The van der Waals surface area contributed by atoms with Crippen molar-refractivity contribution in [1.29, 1.82) is 0 Å². The van der Waals surface area contributed by atoms with Gasteiger partial charge in [0.05, 0.1) is 6.10 Å². The molecule has 0 aromatic heterocycles. The average molecular weight is 417 g/mol. The SMILES string of the molecule is CC(C)OC(=O)/C=C/C(CO[Si](C)(C)C(C)(C)C)CO[Si](C)(C)C(C)(C)C. The van der Waals surface area contributed by atoms with Crippen LogP contribution in [0.3, 0.4) is 0 Å². The predicted octanol–water partition coefficient (Wildman–Crippen LogP) is 6.15. The summed E-state index contributed by atoms with van der Waals surface area (Å²) >= 11 is 0. The smallest absolute Gasteiger partial charge is 0.330 e. The van der Waals surface area contributed by atoms with E-state index in [1.807, 2.05) is 19.9 Å². The molecule has 0 radical (unpaired) electrons. The summed E-state index contributed by atoms with van der Waals surface area (Å²) in [4.78, 5) is 11.9. The van der Waals surface area contributed by atoms with Crippen molar-refractivity contribution in [2.24, 2.45) is 5.92 Å². The van der Waals surface area contributed by atoms with Crippen molar-refractivity contribution in [2.45, 2.75) is 97.8 Å². The van der Waals surface area contributed by atoms with Gasteiger partial charge in [-0.15, -0.1) is 0 Å². The van der Waals surface area contributed by atoms with Crippen LogP contribution in [0.5, 0.6) is 0 Å². The van der Waals surface area contributed by atoms with E-state index in [4.69, 9.17) is 13.6 Å². The van der Waals surface area contributed by atoms with Crippen LogP contribution in [0, 0.1) is 5.92 Å². The highest BCUT2D eigenvalue weighted by Gasteiger charge is 2.39. The van der Waals surface area contributed by atoms with Crippen molar-refractivity contribution in [2.75, 3.05) is 13.2 Å². The summed E-state index contributed by atoms with van der Waals surface area (Å²) in [6.07, 6.45) is 3.30. The lowest BCUT2D eigenvalue weighted by Crippen LogP contribution is -2.44. The van der Waals surface area contributed by atoms with Gasteiger partial charge in [0, 0.05) is 25.2 Å². The number of carbonyl (C=O) groups is 1. The van der Waals surface area contributed by atoms with Gasteiger partial charge >= 0.3 is 5.97 Å². The second-order valence-corrected chi connectivity index (χ2v) is 20.4. The van der Waals surface area contributed by atoms with E-state index in [-0.39, 0.29) is 28.1 Å². The summed E-state index contributed by atoms with van der Waals surface area (Å²) < 4.78 is 18.0. The Balaban J connectivity index is 5.17. The van der Waals surface area contributed by atoms with E-state index in [2.05, 4.69) is 67.7 Å². The van der Waals surface area contributed by atoms with Crippen LogP contribution in [0.2, 0.25) is 36.3 Å². The molecule has 0 fully saturated rings. The quantitative estimate of drug-likeness (QED) is 0.257. The number of ether oxygens (including phenoxy) is 1. The molecule has 0 atom stereocenters. The second kappa shape index (κ2) is 9.85. The fourth-order valence-corrected chi connectivity index (χ4v) is 3.84. The molecule has 27 heavy (non-hydrogen) atoms. The standard InChI is InChI=1S/C21H44O4Si2/c1-17(2)25-19(22)14-13-18(15-23-26(9,10)20(3,4)5)16-24-27(11,12)21(6,7)8/h13-14,17-18H,15-16H2,1-12H3/b14-13+. The molecule has 0 rings (SSSR count). The van der Waals surface area contributed by atoms with Gasteiger partial charge < -0.3 is 13.6 Å². The normalized spacial score (nSPS) is 14.4. The van der Waals surface area contributed by atoms with E-state index in [1.54, 1.807) is 0 Å². The Morgan fingerprint density at radius 1 is 0.852 bits per heavy atom. The summed E-state index contributed by atoms with van der Waals surface area (Å²) in [7, 11) is -3.71. The molecule has 0 unspecified atom stereocenters. The Bertz CT molecular complexity index is 467. The summed E-state index contributed by atoms with van der Waals surface area (Å²) in [5.74, 6) is -0.275. The molecule has 0 saturated heterocycles. The van der Waals surface area contributed by atoms with Gasteiger partial charge in [0.2, 0.25) is 0 Å². The first-order valence-electron chi connectivity index (χ1n) is 10.1. The molecule has 0 aromatic carbocycles. The molecular formula is C21H44O4Si2. The summed E-state index contributed by atoms with van der Waals surface area (Å²) in [6.45, 7) is 27.2. The maximum atomic E-state index is 11.9. The highest BCUT2D eigenvalue weighted by Crippen LogP contribution is 2.38. The van der Waals surface area contributed by atoms with E-state index in [9.17, 15) is 4.79 Å². The van der Waals surface area contributed by atoms with E-state index in [0.29, 0.717) is 13.2 Å². The number of hydrogen-bond donors (Lipinski definition) is 0. The minimum Gasteiger partial charge on any atom is -0.460 e. The lowest BCUT2D eigenvalue weighted by molar-refractivity contribution is -0.141. The average Bonchev–Trinajstić information content (AvgIpc) is 2.43. The molecule has 0 aliphatic rings. The van der Waals surface area contributed by atoms with E-state index in [0.717, 1.165) is 0 Å². The van der Waals surface area contributed by atoms with Crippen molar-refractivity contribution in [3.8, 4) is 0 Å². The number of carbonyl (C=O) groups excluding carboxylic acids is 1. The minimum absolute atomic E-state index is 0.0352. The molecule has 0 spiro atoms. The first kappa shape index (κ1) is 26.6. The highest BCUT2D eigenvalue weighted by atomic mass is 28.4. The van der Waals surface area contributed by atoms with Crippen molar-refractivity contribution in [1.82, 2.24) is 0 Å². The molecule has 6 heteroatoms. The third-order valence-corrected chi connectivity index (χ3v) is 14.8. The Morgan fingerprint density at radius 2 is 1.22 bits per heavy atom. The summed E-state index contributed by atoms with van der Waals surface area (Å²) in [5.41, 5.74) is 0. The number of rotatable bonds is 9. The Labute approximate surface area is 170 Å². The molecular weight excluding hydrogens is 372 g/mol. The maximum absolute atomic E-state index is 11.9. The van der Waals surface area contributed by atoms with Crippen molar-refractivity contribution in [3.05, 3.63) is 12.2 Å². The predicted molar refractivity (Wildman–Crippen MR) is 120 cm³/mol. The van der Waals surface area contributed by atoms with Gasteiger partial charge in [-0.3, -0.25) is 0 Å². The Kier molecular flexibility index (Phi) is 9.69. The fourth-order valence-electron chi connectivity index (χ4n) is 1.71. The van der Waals surface area contributed by atoms with Crippen molar-refractivity contribution >= 4 is 22.6 Å². The van der Waals surface area contributed by atoms with Gasteiger partial charge in [-0.05, 0) is 50.1 Å². The van der Waals surface area contributed by atoms with Crippen LogP contribution in [0.4, 0.5) is 0 Å². The molecule has 0 saturated carbocycles.